The van der Waals surface area contributed by atoms with Crippen molar-refractivity contribution in [2.24, 2.45) is 5.92 Å². The minimum absolute atomic E-state index is 0.0105. The summed E-state index contributed by atoms with van der Waals surface area (Å²) < 4.78 is 0. The third-order valence-electron chi connectivity index (χ3n) is 4.67. The van der Waals surface area contributed by atoms with Crippen molar-refractivity contribution in [3.8, 4) is 0 Å². The highest BCUT2D eigenvalue weighted by Gasteiger charge is 2.29. The molecule has 2 fully saturated rings. The molecule has 1 aliphatic carbocycles. The number of rotatable bonds is 3. The average molecular weight is 336 g/mol. The first-order valence-electron chi connectivity index (χ1n) is 8.48. The Morgan fingerprint density at radius 2 is 2.00 bits per heavy atom. The van der Waals surface area contributed by atoms with E-state index in [4.69, 9.17) is 0 Å². The van der Waals surface area contributed by atoms with Crippen LogP contribution in [0.3, 0.4) is 0 Å². The third-order valence-corrected chi connectivity index (χ3v) is 5.36. The Hall–Kier alpha value is -1.63. The van der Waals surface area contributed by atoms with Crippen LogP contribution >= 0.6 is 11.3 Å². The van der Waals surface area contributed by atoms with E-state index in [2.05, 4.69) is 15.6 Å². The zero-order valence-corrected chi connectivity index (χ0v) is 14.1. The summed E-state index contributed by atoms with van der Waals surface area (Å²) in [4.78, 5) is 30.6. The highest BCUT2D eigenvalue weighted by molar-refractivity contribution is 7.13. The fourth-order valence-corrected chi connectivity index (χ4v) is 3.91. The second-order valence-electron chi connectivity index (χ2n) is 6.40. The number of thiazole rings is 1. The zero-order chi connectivity index (χ0) is 16.1. The predicted molar refractivity (Wildman–Crippen MR) is 90.4 cm³/mol. The molecule has 0 unspecified atom stereocenters. The van der Waals surface area contributed by atoms with Gasteiger partial charge in [-0.1, -0.05) is 19.3 Å². The number of piperidine rings is 1. The van der Waals surface area contributed by atoms with Gasteiger partial charge in [-0.05, 0) is 25.7 Å². The molecule has 7 heteroatoms. The maximum atomic E-state index is 12.4. The molecule has 0 spiro atoms. The van der Waals surface area contributed by atoms with Crippen molar-refractivity contribution in [1.29, 1.82) is 0 Å². The summed E-state index contributed by atoms with van der Waals surface area (Å²) in [5.74, 6) is -0.181. The van der Waals surface area contributed by atoms with Crippen LogP contribution in [0.15, 0.2) is 11.6 Å². The van der Waals surface area contributed by atoms with E-state index in [9.17, 15) is 9.59 Å². The maximum Gasteiger partial charge on any atom is 0.317 e. The van der Waals surface area contributed by atoms with Crippen molar-refractivity contribution < 1.29 is 9.59 Å². The summed E-state index contributed by atoms with van der Waals surface area (Å²) >= 11 is 1.41. The van der Waals surface area contributed by atoms with Gasteiger partial charge in [-0.2, -0.15) is 0 Å². The van der Waals surface area contributed by atoms with Crippen molar-refractivity contribution in [3.05, 3.63) is 11.6 Å². The van der Waals surface area contributed by atoms with E-state index in [0.717, 1.165) is 32.2 Å². The van der Waals surface area contributed by atoms with Gasteiger partial charge in [-0.25, -0.2) is 9.78 Å². The van der Waals surface area contributed by atoms with Crippen LogP contribution < -0.4 is 10.6 Å². The summed E-state index contributed by atoms with van der Waals surface area (Å²) in [6, 6.07) is 0.296. The molecule has 0 aromatic carbocycles. The molecule has 23 heavy (non-hydrogen) atoms. The Morgan fingerprint density at radius 3 is 2.74 bits per heavy atom. The fraction of sp³-hybridized carbons (Fsp3) is 0.688. The topological polar surface area (TPSA) is 74.3 Å². The number of aromatic nitrogens is 1. The van der Waals surface area contributed by atoms with E-state index in [1.165, 1.54) is 30.6 Å². The average Bonchev–Trinajstić information content (AvgIpc) is 3.09. The van der Waals surface area contributed by atoms with Gasteiger partial charge in [0.05, 0.1) is 5.92 Å². The minimum Gasteiger partial charge on any atom is -0.335 e. The molecule has 6 nitrogen and oxygen atoms in total. The molecule has 1 atom stereocenters. The number of urea groups is 1. The number of hydrogen-bond donors (Lipinski definition) is 2. The van der Waals surface area contributed by atoms with Gasteiger partial charge in [0, 0.05) is 30.7 Å². The van der Waals surface area contributed by atoms with Gasteiger partial charge in [0.25, 0.3) is 0 Å². The first kappa shape index (κ1) is 16.2. The lowest BCUT2D eigenvalue weighted by molar-refractivity contribution is -0.121. The maximum absolute atomic E-state index is 12.4. The number of anilines is 1. The molecule has 2 aliphatic rings. The van der Waals surface area contributed by atoms with Crippen molar-refractivity contribution in [2.45, 2.75) is 51.0 Å². The summed E-state index contributed by atoms with van der Waals surface area (Å²) in [7, 11) is 0. The zero-order valence-electron chi connectivity index (χ0n) is 13.3. The molecule has 3 rings (SSSR count). The number of nitrogens with one attached hydrogen (secondary N) is 2. The van der Waals surface area contributed by atoms with Gasteiger partial charge in [-0.3, -0.25) is 4.79 Å². The molecule has 0 radical (unpaired) electrons. The summed E-state index contributed by atoms with van der Waals surface area (Å²) in [5.41, 5.74) is 0. The quantitative estimate of drug-likeness (QED) is 0.891. The Bertz CT molecular complexity index is 528. The lowest BCUT2D eigenvalue weighted by Gasteiger charge is -2.34. The third kappa shape index (κ3) is 4.43. The molecule has 1 aliphatic heterocycles. The normalized spacial score (nSPS) is 22.6. The van der Waals surface area contributed by atoms with Gasteiger partial charge in [0.15, 0.2) is 5.13 Å². The van der Waals surface area contributed by atoms with E-state index in [-0.39, 0.29) is 17.9 Å². The smallest absolute Gasteiger partial charge is 0.317 e. The van der Waals surface area contributed by atoms with Crippen LogP contribution in [-0.2, 0) is 4.79 Å². The second kappa shape index (κ2) is 7.77. The molecule has 1 saturated carbocycles. The van der Waals surface area contributed by atoms with Crippen LogP contribution in [-0.4, -0.2) is 41.0 Å². The van der Waals surface area contributed by atoms with E-state index < -0.39 is 0 Å². The molecule has 1 aromatic heterocycles. The molecule has 1 saturated heterocycles. The first-order valence-corrected chi connectivity index (χ1v) is 9.36. The summed E-state index contributed by atoms with van der Waals surface area (Å²) in [5, 5.41) is 8.44. The Kier molecular flexibility index (Phi) is 5.48. The molecule has 3 amide bonds. The second-order valence-corrected chi connectivity index (χ2v) is 7.29. The molecular weight excluding hydrogens is 312 g/mol. The van der Waals surface area contributed by atoms with Crippen molar-refractivity contribution in [3.63, 3.8) is 0 Å². The van der Waals surface area contributed by atoms with Gasteiger partial charge < -0.3 is 15.5 Å². The first-order chi connectivity index (χ1) is 11.2. The number of amides is 3. The highest BCUT2D eigenvalue weighted by Crippen LogP contribution is 2.21. The fourth-order valence-electron chi connectivity index (χ4n) is 3.38. The Balaban J connectivity index is 1.50. The number of likely N-dealkylation sites (tertiary alicyclic amines) is 1. The minimum atomic E-state index is -0.148. The van der Waals surface area contributed by atoms with Gasteiger partial charge in [-0.15, -0.1) is 11.3 Å². The van der Waals surface area contributed by atoms with Crippen molar-refractivity contribution in [2.75, 3.05) is 18.4 Å². The number of nitrogens with zero attached hydrogens (tertiary/aromatic N) is 2. The highest BCUT2D eigenvalue weighted by atomic mass is 32.1. The lowest BCUT2D eigenvalue weighted by Crippen LogP contribution is -2.50. The van der Waals surface area contributed by atoms with Crippen LogP contribution in [0.5, 0.6) is 0 Å². The Labute approximate surface area is 140 Å². The molecule has 0 bridgehead atoms. The molecule has 2 heterocycles. The Morgan fingerprint density at radius 1 is 1.17 bits per heavy atom. The standard InChI is InChI=1S/C16H24N4O2S/c21-14(19-15-17-8-10-23-15)12-5-4-9-20(11-12)16(22)18-13-6-2-1-3-7-13/h8,10,12-13H,1-7,9,11H2,(H,18,22)(H,17,19,21)/t12-/m0/s1. The molecule has 126 valence electrons. The summed E-state index contributed by atoms with van der Waals surface area (Å²) in [6.45, 7) is 1.23. The van der Waals surface area contributed by atoms with Crippen LogP contribution in [0.1, 0.15) is 44.9 Å². The number of hydrogen-bond acceptors (Lipinski definition) is 4. The van der Waals surface area contributed by atoms with Crippen molar-refractivity contribution in [1.82, 2.24) is 15.2 Å². The molecule has 2 N–H and O–H groups in total. The molecule has 1 aromatic rings. The summed E-state index contributed by atoms with van der Waals surface area (Å²) in [6.07, 6.45) is 9.19. The predicted octanol–water partition coefficient (Wildman–Crippen LogP) is 2.84. The monoisotopic (exact) mass is 336 g/mol. The van der Waals surface area contributed by atoms with Crippen molar-refractivity contribution >= 4 is 28.4 Å². The number of carbonyl (C=O) groups excluding carboxylic acids is 2. The lowest BCUT2D eigenvalue weighted by atomic mass is 9.95. The van der Waals surface area contributed by atoms with E-state index in [1.54, 1.807) is 11.1 Å². The van der Waals surface area contributed by atoms with Crippen LogP contribution in [0.2, 0.25) is 0 Å². The van der Waals surface area contributed by atoms with E-state index in [0.29, 0.717) is 17.7 Å². The SMILES string of the molecule is O=C(Nc1nccs1)[C@H]1CCCN(C(=O)NC2CCCCC2)C1. The van der Waals surface area contributed by atoms with Gasteiger partial charge in [0.2, 0.25) is 5.91 Å². The van der Waals surface area contributed by atoms with Crippen LogP contribution in [0.25, 0.3) is 0 Å². The van der Waals surface area contributed by atoms with Crippen LogP contribution in [0.4, 0.5) is 9.93 Å². The van der Waals surface area contributed by atoms with E-state index in [1.807, 2.05) is 5.38 Å². The number of carbonyl (C=O) groups is 2. The van der Waals surface area contributed by atoms with E-state index >= 15 is 0 Å². The van der Waals surface area contributed by atoms with Crippen LogP contribution in [0, 0.1) is 5.92 Å². The van der Waals surface area contributed by atoms with Gasteiger partial charge >= 0.3 is 6.03 Å². The largest absolute Gasteiger partial charge is 0.335 e. The molecular formula is C16H24N4O2S. The van der Waals surface area contributed by atoms with Gasteiger partial charge in [0.1, 0.15) is 0 Å².